The van der Waals surface area contributed by atoms with Gasteiger partial charge in [-0.3, -0.25) is 4.79 Å². The number of rotatable bonds is 5. The van der Waals surface area contributed by atoms with E-state index in [4.69, 9.17) is 9.39 Å². The summed E-state index contributed by atoms with van der Waals surface area (Å²) in [6.07, 6.45) is -0.873. The predicted molar refractivity (Wildman–Crippen MR) is 64.3 cm³/mol. The number of alkyl carbamates (subject to hydrolysis) is 1. The molecule has 1 unspecified atom stereocenters. The lowest BCUT2D eigenvalue weighted by Gasteiger charge is -2.21. The van der Waals surface area contributed by atoms with Gasteiger partial charge in [0.15, 0.2) is 0 Å². The summed E-state index contributed by atoms with van der Waals surface area (Å²) in [5.74, 6) is -0.386. The summed E-state index contributed by atoms with van der Waals surface area (Å²) in [6, 6.07) is 0. The number of nitrogens with one attached hydrogen (secondary N) is 1. The van der Waals surface area contributed by atoms with E-state index in [9.17, 15) is 9.59 Å². The summed E-state index contributed by atoms with van der Waals surface area (Å²) in [5, 5.41) is 2.53. The summed E-state index contributed by atoms with van der Waals surface area (Å²) in [7, 11) is 2.76. The third kappa shape index (κ3) is 8.56. The lowest BCUT2D eigenvalue weighted by molar-refractivity contribution is -0.142. The van der Waals surface area contributed by atoms with Gasteiger partial charge in [-0.05, 0) is 20.8 Å². The third-order valence-corrected chi connectivity index (χ3v) is 1.83. The zero-order valence-electron chi connectivity index (χ0n) is 11.0. The van der Waals surface area contributed by atoms with Crippen LogP contribution in [0.4, 0.5) is 4.79 Å². The molecule has 0 aliphatic carbocycles. The van der Waals surface area contributed by atoms with Crippen molar-refractivity contribution in [3.63, 3.8) is 0 Å². The van der Waals surface area contributed by atoms with Crippen molar-refractivity contribution in [3.8, 4) is 0 Å². The smallest absolute Gasteiger partial charge is 0.407 e. The maximum atomic E-state index is 11.3. The second kappa shape index (κ2) is 7.16. The molecule has 17 heavy (non-hydrogen) atoms. The van der Waals surface area contributed by atoms with Gasteiger partial charge in [0.2, 0.25) is 0 Å². The number of carbonyl (C=O) groups is 2. The van der Waals surface area contributed by atoms with Gasteiger partial charge >= 0.3 is 12.1 Å². The van der Waals surface area contributed by atoms with Crippen LogP contribution in [0.1, 0.15) is 27.2 Å². The highest BCUT2D eigenvalue weighted by atomic mass is 16.6. The Hall–Kier alpha value is -1.24. The Bertz CT molecular complexity index is 264. The molecule has 0 aliphatic rings. The second-order valence-electron chi connectivity index (χ2n) is 4.52. The van der Waals surface area contributed by atoms with Crippen molar-refractivity contribution in [1.82, 2.24) is 5.32 Å². The van der Waals surface area contributed by atoms with Gasteiger partial charge in [-0.1, -0.05) is 0 Å². The average molecular weight is 245 g/mol. The minimum atomic E-state index is -0.547. The summed E-state index contributed by atoms with van der Waals surface area (Å²) in [6.45, 7) is 5.51. The summed E-state index contributed by atoms with van der Waals surface area (Å²) in [4.78, 5) is 22.3. The zero-order chi connectivity index (χ0) is 13.5. The molecule has 0 radical (unpaired) electrons. The number of carbonyl (C=O) groups excluding carboxylic acids is 2. The van der Waals surface area contributed by atoms with Crippen molar-refractivity contribution < 1.29 is 23.7 Å². The van der Waals surface area contributed by atoms with Gasteiger partial charge < -0.3 is 19.4 Å². The van der Waals surface area contributed by atoms with Crippen LogP contribution >= 0.6 is 0 Å². The van der Waals surface area contributed by atoms with Gasteiger partial charge in [-0.25, -0.2) is 4.79 Å². The summed E-state index contributed by atoms with van der Waals surface area (Å²) in [5.41, 5.74) is -0.547. The van der Waals surface area contributed by atoms with Gasteiger partial charge in [-0.15, -0.1) is 0 Å². The van der Waals surface area contributed by atoms with Crippen LogP contribution in [0.5, 0.6) is 0 Å². The van der Waals surface area contributed by atoms with Gasteiger partial charge in [-0.2, -0.15) is 0 Å². The fourth-order valence-electron chi connectivity index (χ4n) is 1.02. The van der Waals surface area contributed by atoms with Crippen LogP contribution < -0.4 is 5.32 Å². The normalized spacial score (nSPS) is 12.7. The van der Waals surface area contributed by atoms with E-state index in [2.05, 4.69) is 10.1 Å². The molecule has 7 heteroatoms. The number of methoxy groups -OCH3 is 1. The molecule has 0 aromatic heterocycles. The predicted octanol–water partition coefficient (Wildman–Crippen LogP) is 0.00750. The molecule has 98 valence electrons. The van der Waals surface area contributed by atoms with E-state index in [0.29, 0.717) is 0 Å². The van der Waals surface area contributed by atoms with Crippen molar-refractivity contribution in [1.29, 1.82) is 0 Å². The van der Waals surface area contributed by atoms with Gasteiger partial charge in [0, 0.05) is 6.54 Å². The van der Waals surface area contributed by atoms with Crippen LogP contribution in [0.2, 0.25) is 0 Å². The van der Waals surface area contributed by atoms with E-state index >= 15 is 0 Å². The Morgan fingerprint density at radius 3 is 2.35 bits per heavy atom. The molecule has 0 rings (SSSR count). The molecule has 0 aliphatic heterocycles. The highest BCUT2D eigenvalue weighted by molar-refractivity contribution is 5.98. The molecule has 0 saturated heterocycles. The Morgan fingerprint density at radius 1 is 1.35 bits per heavy atom. The first-order valence-electron chi connectivity index (χ1n) is 5.35. The van der Waals surface area contributed by atoms with Crippen molar-refractivity contribution >= 4 is 20.1 Å². The molecular formula is C10H20BNO5. The van der Waals surface area contributed by atoms with E-state index in [1.165, 1.54) is 15.2 Å². The highest BCUT2D eigenvalue weighted by Crippen LogP contribution is 2.06. The van der Waals surface area contributed by atoms with Crippen molar-refractivity contribution in [2.45, 2.75) is 38.9 Å². The molecule has 0 heterocycles. The van der Waals surface area contributed by atoms with Crippen molar-refractivity contribution in [3.05, 3.63) is 0 Å². The van der Waals surface area contributed by atoms with Gasteiger partial charge in [0.05, 0.1) is 19.6 Å². The topological polar surface area (TPSA) is 73.9 Å². The first-order chi connectivity index (χ1) is 7.78. The van der Waals surface area contributed by atoms with Gasteiger partial charge in [0.25, 0.3) is 8.05 Å². The molecule has 0 spiro atoms. The number of ether oxygens (including phenoxy) is 2. The standard InChI is InChI=1S/C10H20BNO5/c1-10(2,3)16-9(14)12-6-7(17-11)5-8(13)15-4/h7H,5-6,11H2,1-4H3,(H,12,14). The molecule has 1 N–H and O–H groups in total. The van der Waals surface area contributed by atoms with Gasteiger partial charge in [0.1, 0.15) is 5.60 Å². The quantitative estimate of drug-likeness (QED) is 0.545. The molecule has 1 amide bonds. The fourth-order valence-corrected chi connectivity index (χ4v) is 1.02. The number of amides is 1. The largest absolute Gasteiger partial charge is 0.469 e. The average Bonchev–Trinajstić information content (AvgIpc) is 2.21. The summed E-state index contributed by atoms with van der Waals surface area (Å²) < 4.78 is 14.6. The molecule has 6 nitrogen and oxygen atoms in total. The van der Waals surface area contributed by atoms with Crippen molar-refractivity contribution in [2.24, 2.45) is 0 Å². The van der Waals surface area contributed by atoms with Crippen LogP contribution in [-0.4, -0.2) is 45.5 Å². The Kier molecular flexibility index (Phi) is 6.64. The van der Waals surface area contributed by atoms with E-state index in [-0.39, 0.29) is 18.9 Å². The third-order valence-electron chi connectivity index (χ3n) is 1.83. The van der Waals surface area contributed by atoms with E-state index in [0.717, 1.165) is 0 Å². The van der Waals surface area contributed by atoms with Crippen LogP contribution in [0.15, 0.2) is 0 Å². The van der Waals surface area contributed by atoms with Crippen LogP contribution in [0.3, 0.4) is 0 Å². The van der Waals surface area contributed by atoms with Crippen LogP contribution in [0.25, 0.3) is 0 Å². The monoisotopic (exact) mass is 245 g/mol. The Morgan fingerprint density at radius 2 is 1.94 bits per heavy atom. The number of esters is 1. The van der Waals surface area contributed by atoms with E-state index < -0.39 is 17.8 Å². The first kappa shape index (κ1) is 15.8. The molecule has 1 atom stereocenters. The zero-order valence-corrected chi connectivity index (χ0v) is 11.0. The maximum Gasteiger partial charge on any atom is 0.407 e. The molecule has 0 aromatic rings. The minimum absolute atomic E-state index is 0.0861. The van der Waals surface area contributed by atoms with Crippen LogP contribution in [-0.2, 0) is 18.9 Å². The maximum absolute atomic E-state index is 11.3. The molecule has 0 saturated carbocycles. The second-order valence-corrected chi connectivity index (χ2v) is 4.52. The molecule has 0 fully saturated rings. The van der Waals surface area contributed by atoms with E-state index in [1.807, 2.05) is 0 Å². The van der Waals surface area contributed by atoms with Crippen molar-refractivity contribution in [2.75, 3.05) is 13.7 Å². The van der Waals surface area contributed by atoms with Crippen LogP contribution in [0, 0.1) is 0 Å². The molecular weight excluding hydrogens is 225 g/mol. The Balaban J connectivity index is 3.98. The Labute approximate surface area is 102 Å². The number of hydrogen-bond donors (Lipinski definition) is 1. The highest BCUT2D eigenvalue weighted by Gasteiger charge is 2.18. The lowest BCUT2D eigenvalue weighted by Crippen LogP contribution is -2.38. The first-order valence-corrected chi connectivity index (χ1v) is 5.35. The molecule has 0 aromatic carbocycles. The van der Waals surface area contributed by atoms with E-state index in [1.54, 1.807) is 20.8 Å². The summed E-state index contributed by atoms with van der Waals surface area (Å²) >= 11 is 0. The lowest BCUT2D eigenvalue weighted by atomic mass is 10.2. The SMILES string of the molecule is BOC(CNC(=O)OC(C)(C)C)CC(=O)OC. The number of hydrogen-bond acceptors (Lipinski definition) is 5. The molecule has 0 bridgehead atoms. The fraction of sp³-hybridized carbons (Fsp3) is 0.800. The minimum Gasteiger partial charge on any atom is -0.469 e.